The normalized spacial score (nSPS) is 11.8. The van der Waals surface area contributed by atoms with Gasteiger partial charge in [0.2, 0.25) is 11.8 Å². The second-order valence-corrected chi connectivity index (χ2v) is 4.96. The Labute approximate surface area is 127 Å². The van der Waals surface area contributed by atoms with Crippen molar-refractivity contribution in [2.24, 2.45) is 0 Å². The van der Waals surface area contributed by atoms with Crippen LogP contribution in [0.3, 0.4) is 0 Å². The smallest absolute Gasteiger partial charge is 0.229 e. The maximum absolute atomic E-state index is 11.5. The molecule has 3 N–H and O–H groups in total. The van der Waals surface area contributed by atoms with Crippen molar-refractivity contribution in [1.29, 1.82) is 0 Å². The molecule has 110 valence electrons. The van der Waals surface area contributed by atoms with E-state index in [-0.39, 0.29) is 18.9 Å². The highest BCUT2D eigenvalue weighted by atomic mass is 35.5. The summed E-state index contributed by atoms with van der Waals surface area (Å²) in [4.78, 5) is 22.7. The first-order chi connectivity index (χ1) is 9.43. The van der Waals surface area contributed by atoms with Crippen LogP contribution < -0.4 is 10.6 Å². The Hall–Kier alpha value is -1.30. The zero-order chi connectivity index (χ0) is 15.1. The summed E-state index contributed by atoms with van der Waals surface area (Å²) < 4.78 is 0. The Kier molecular flexibility index (Phi) is 6.78. The van der Waals surface area contributed by atoms with Gasteiger partial charge in [0.15, 0.2) is 0 Å². The first-order valence-corrected chi connectivity index (χ1v) is 6.86. The van der Waals surface area contributed by atoms with Gasteiger partial charge < -0.3 is 15.7 Å². The molecule has 0 heterocycles. The van der Waals surface area contributed by atoms with E-state index in [1.54, 1.807) is 19.1 Å². The molecule has 1 unspecified atom stereocenters. The molecule has 0 bridgehead atoms. The third-order valence-electron chi connectivity index (χ3n) is 2.51. The molecule has 7 heteroatoms. The minimum absolute atomic E-state index is 0.0282. The standard InChI is InChI=1S/C13H16Cl2N2O3/c1-2-16-12(19)6-13(20)17-7-11(18)9-4-3-8(14)5-10(9)15/h3-5,11,18H,2,6-7H2,1H3,(H,16,19)(H,17,20). The molecule has 0 fully saturated rings. The SMILES string of the molecule is CCNC(=O)CC(=O)NCC(O)c1ccc(Cl)cc1Cl. The molecular weight excluding hydrogens is 303 g/mol. The molecule has 0 aliphatic rings. The van der Waals surface area contributed by atoms with Crippen molar-refractivity contribution in [3.8, 4) is 0 Å². The zero-order valence-electron chi connectivity index (χ0n) is 11.0. The molecule has 2 amide bonds. The Balaban J connectivity index is 2.48. The summed E-state index contributed by atoms with van der Waals surface area (Å²) in [6.07, 6.45) is -1.23. The Bertz CT molecular complexity index is 495. The van der Waals surface area contributed by atoms with Crippen molar-refractivity contribution in [3.63, 3.8) is 0 Å². The Morgan fingerprint density at radius 2 is 1.90 bits per heavy atom. The highest BCUT2D eigenvalue weighted by Gasteiger charge is 2.14. The number of hydrogen-bond donors (Lipinski definition) is 3. The Morgan fingerprint density at radius 1 is 1.25 bits per heavy atom. The summed E-state index contributed by atoms with van der Waals surface area (Å²) >= 11 is 11.7. The predicted octanol–water partition coefficient (Wildman–Crippen LogP) is 1.67. The highest BCUT2D eigenvalue weighted by Crippen LogP contribution is 2.25. The van der Waals surface area contributed by atoms with Gasteiger partial charge in [0.05, 0.1) is 6.10 Å². The fraction of sp³-hybridized carbons (Fsp3) is 0.385. The lowest BCUT2D eigenvalue weighted by molar-refractivity contribution is -0.129. The van der Waals surface area contributed by atoms with Gasteiger partial charge in [-0.15, -0.1) is 0 Å². The summed E-state index contributed by atoms with van der Waals surface area (Å²) in [7, 11) is 0. The molecule has 1 aromatic carbocycles. The molecule has 0 aliphatic carbocycles. The van der Waals surface area contributed by atoms with E-state index in [0.29, 0.717) is 22.2 Å². The zero-order valence-corrected chi connectivity index (χ0v) is 12.5. The number of rotatable bonds is 6. The van der Waals surface area contributed by atoms with Gasteiger partial charge in [-0.25, -0.2) is 0 Å². The van der Waals surface area contributed by atoms with E-state index in [4.69, 9.17) is 23.2 Å². The lowest BCUT2D eigenvalue weighted by Crippen LogP contribution is -2.34. The minimum Gasteiger partial charge on any atom is -0.387 e. The summed E-state index contributed by atoms with van der Waals surface area (Å²) in [6.45, 7) is 2.21. The average Bonchev–Trinajstić information content (AvgIpc) is 2.36. The van der Waals surface area contributed by atoms with Crippen LogP contribution in [0.1, 0.15) is 25.0 Å². The van der Waals surface area contributed by atoms with Gasteiger partial charge in [-0.2, -0.15) is 0 Å². The van der Waals surface area contributed by atoms with Crippen LogP contribution in [0.15, 0.2) is 18.2 Å². The molecule has 1 rings (SSSR count). The van der Waals surface area contributed by atoms with Crippen LogP contribution in [0.25, 0.3) is 0 Å². The quantitative estimate of drug-likeness (QED) is 0.698. The van der Waals surface area contributed by atoms with Crippen LogP contribution in [0.4, 0.5) is 0 Å². The van der Waals surface area contributed by atoms with E-state index in [2.05, 4.69) is 10.6 Å². The maximum Gasteiger partial charge on any atom is 0.229 e. The van der Waals surface area contributed by atoms with Crippen molar-refractivity contribution in [1.82, 2.24) is 10.6 Å². The second kappa shape index (κ2) is 8.09. The van der Waals surface area contributed by atoms with E-state index in [1.165, 1.54) is 6.07 Å². The fourth-order valence-corrected chi connectivity index (χ4v) is 2.09. The summed E-state index contributed by atoms with van der Waals surface area (Å²) in [5.41, 5.74) is 0.467. The number of amides is 2. The van der Waals surface area contributed by atoms with E-state index >= 15 is 0 Å². The molecule has 0 radical (unpaired) electrons. The van der Waals surface area contributed by atoms with Crippen LogP contribution >= 0.6 is 23.2 Å². The molecule has 1 aromatic rings. The van der Waals surface area contributed by atoms with Crippen LogP contribution in [0.5, 0.6) is 0 Å². The number of carbonyl (C=O) groups excluding carboxylic acids is 2. The van der Waals surface area contributed by atoms with E-state index in [0.717, 1.165) is 0 Å². The molecule has 0 spiro atoms. The number of hydrogen-bond acceptors (Lipinski definition) is 3. The van der Waals surface area contributed by atoms with Gasteiger partial charge >= 0.3 is 0 Å². The Morgan fingerprint density at radius 3 is 2.50 bits per heavy atom. The van der Waals surface area contributed by atoms with Crippen molar-refractivity contribution in [2.45, 2.75) is 19.4 Å². The van der Waals surface area contributed by atoms with Gasteiger partial charge in [-0.3, -0.25) is 9.59 Å². The second-order valence-electron chi connectivity index (χ2n) is 4.12. The fourth-order valence-electron chi connectivity index (χ4n) is 1.56. The molecule has 1 atom stereocenters. The van der Waals surface area contributed by atoms with Crippen LogP contribution in [-0.2, 0) is 9.59 Å². The third kappa shape index (κ3) is 5.36. The molecule has 20 heavy (non-hydrogen) atoms. The number of carbonyl (C=O) groups is 2. The van der Waals surface area contributed by atoms with Gasteiger partial charge in [0, 0.05) is 28.7 Å². The number of benzene rings is 1. The van der Waals surface area contributed by atoms with Gasteiger partial charge in [0.25, 0.3) is 0 Å². The van der Waals surface area contributed by atoms with Crippen LogP contribution in [0, 0.1) is 0 Å². The van der Waals surface area contributed by atoms with Crippen LogP contribution in [-0.4, -0.2) is 30.0 Å². The number of nitrogens with one attached hydrogen (secondary N) is 2. The average molecular weight is 319 g/mol. The maximum atomic E-state index is 11.5. The monoisotopic (exact) mass is 318 g/mol. The van der Waals surface area contributed by atoms with Crippen molar-refractivity contribution in [2.75, 3.05) is 13.1 Å². The van der Waals surface area contributed by atoms with E-state index in [9.17, 15) is 14.7 Å². The van der Waals surface area contributed by atoms with E-state index in [1.807, 2.05) is 0 Å². The summed E-state index contributed by atoms with van der Waals surface area (Å²) in [5, 5.41) is 15.7. The molecule has 0 aromatic heterocycles. The van der Waals surface area contributed by atoms with Crippen molar-refractivity contribution in [3.05, 3.63) is 33.8 Å². The summed E-state index contributed by atoms with van der Waals surface area (Å²) in [5.74, 6) is -0.816. The number of halogens is 2. The lowest BCUT2D eigenvalue weighted by Gasteiger charge is -2.14. The number of aliphatic hydroxyl groups is 1. The molecule has 0 saturated carbocycles. The predicted molar refractivity (Wildman–Crippen MR) is 77.7 cm³/mol. The minimum atomic E-state index is -0.960. The van der Waals surface area contributed by atoms with Gasteiger partial charge in [0.1, 0.15) is 6.42 Å². The van der Waals surface area contributed by atoms with Gasteiger partial charge in [-0.05, 0) is 19.1 Å². The van der Waals surface area contributed by atoms with Gasteiger partial charge in [-0.1, -0.05) is 29.3 Å². The molecule has 0 aliphatic heterocycles. The molecular formula is C13H16Cl2N2O3. The van der Waals surface area contributed by atoms with Crippen LogP contribution in [0.2, 0.25) is 10.0 Å². The first kappa shape index (κ1) is 16.8. The lowest BCUT2D eigenvalue weighted by atomic mass is 10.1. The largest absolute Gasteiger partial charge is 0.387 e. The van der Waals surface area contributed by atoms with E-state index < -0.39 is 12.0 Å². The highest BCUT2D eigenvalue weighted by molar-refractivity contribution is 6.35. The third-order valence-corrected chi connectivity index (χ3v) is 3.07. The first-order valence-electron chi connectivity index (χ1n) is 6.10. The van der Waals surface area contributed by atoms with Crippen molar-refractivity contribution >= 4 is 35.0 Å². The molecule has 0 saturated heterocycles. The topological polar surface area (TPSA) is 78.4 Å². The van der Waals surface area contributed by atoms with Crippen molar-refractivity contribution < 1.29 is 14.7 Å². The summed E-state index contributed by atoms with van der Waals surface area (Å²) in [6, 6.07) is 4.70. The number of aliphatic hydroxyl groups excluding tert-OH is 1. The molecule has 5 nitrogen and oxygen atoms in total.